The van der Waals surface area contributed by atoms with Crippen molar-refractivity contribution in [3.63, 3.8) is 0 Å². The largest absolute Gasteiger partial charge is 0.486 e. The van der Waals surface area contributed by atoms with E-state index in [1.165, 1.54) is 18.2 Å². The first-order valence-electron chi connectivity index (χ1n) is 11.5. The van der Waals surface area contributed by atoms with Crippen LogP contribution in [0.3, 0.4) is 0 Å². The zero-order valence-corrected chi connectivity index (χ0v) is 21.9. The molecule has 5 rings (SSSR count). The van der Waals surface area contributed by atoms with Crippen LogP contribution in [0.25, 0.3) is 10.9 Å². The molecule has 0 bridgehead atoms. The van der Waals surface area contributed by atoms with Gasteiger partial charge in [0, 0.05) is 23.6 Å². The highest BCUT2D eigenvalue weighted by molar-refractivity contribution is 7.92. The number of benzene rings is 3. The van der Waals surface area contributed by atoms with Crippen molar-refractivity contribution in [3.8, 4) is 11.8 Å². The van der Waals surface area contributed by atoms with Gasteiger partial charge in [-0.1, -0.05) is 11.6 Å². The number of aromatic nitrogens is 2. The van der Waals surface area contributed by atoms with E-state index in [2.05, 4.69) is 15.3 Å². The highest BCUT2D eigenvalue weighted by atomic mass is 35.5. The molecule has 41 heavy (non-hydrogen) atoms. The van der Waals surface area contributed by atoms with Gasteiger partial charge in [-0.15, -0.1) is 0 Å². The maximum Gasteiger partial charge on any atom is 0.268 e. The highest BCUT2D eigenvalue weighted by Gasteiger charge is 2.34. The van der Waals surface area contributed by atoms with Gasteiger partial charge in [0.05, 0.1) is 29.4 Å². The van der Waals surface area contributed by atoms with Crippen molar-refractivity contribution in [1.82, 2.24) is 9.97 Å². The topological polar surface area (TPSA) is 126 Å². The third-order valence-electron chi connectivity index (χ3n) is 5.95. The van der Waals surface area contributed by atoms with Gasteiger partial charge < -0.3 is 14.8 Å². The summed E-state index contributed by atoms with van der Waals surface area (Å²) in [5.74, 6) is -9.79. The molecule has 0 spiro atoms. The number of hydrogen-bond acceptors (Lipinski definition) is 8. The van der Waals surface area contributed by atoms with E-state index in [9.17, 15) is 30.4 Å². The molecule has 2 heterocycles. The smallest absolute Gasteiger partial charge is 0.268 e. The van der Waals surface area contributed by atoms with Crippen LogP contribution < -0.4 is 14.8 Å². The first kappa shape index (κ1) is 28.3. The first-order valence-corrected chi connectivity index (χ1v) is 13.4. The van der Waals surface area contributed by atoms with Crippen LogP contribution in [0.4, 0.5) is 39.1 Å². The molecule has 1 atom stereocenters. The standard InChI is InChI=1S/C25H15ClF5N5O4S/c26-15-2-1-11(5-16(15)27)35-25-13-6-18(19(7-17(13)33-10-34-25)40-12-3-4-39-9-12)36-41(37,38)24-22(30)20(28)14(8-32)21(29)23(24)31/h1-2,5-7,10,12,36H,3-4,9H2,(H,33,34,35)/t12-/m0/s1. The maximum absolute atomic E-state index is 14.7. The summed E-state index contributed by atoms with van der Waals surface area (Å²) in [6.45, 7) is 0.506. The summed E-state index contributed by atoms with van der Waals surface area (Å²) >= 11 is 5.72. The summed E-state index contributed by atoms with van der Waals surface area (Å²) < 4.78 is 111. The lowest BCUT2D eigenvalue weighted by Gasteiger charge is -2.19. The minimum absolute atomic E-state index is 0.0562. The van der Waals surface area contributed by atoms with Gasteiger partial charge in [-0.3, -0.25) is 4.72 Å². The number of nitrogens with zero attached hydrogens (tertiary/aromatic N) is 3. The van der Waals surface area contributed by atoms with Gasteiger partial charge in [-0.25, -0.2) is 40.3 Å². The van der Waals surface area contributed by atoms with Crippen molar-refractivity contribution in [3.05, 3.63) is 76.3 Å². The molecule has 4 aromatic rings. The van der Waals surface area contributed by atoms with Crippen molar-refractivity contribution >= 4 is 49.7 Å². The average Bonchev–Trinajstić information content (AvgIpc) is 3.44. The van der Waals surface area contributed by atoms with Crippen LogP contribution in [-0.2, 0) is 14.8 Å². The van der Waals surface area contributed by atoms with Gasteiger partial charge in [0.25, 0.3) is 10.0 Å². The molecule has 2 N–H and O–H groups in total. The Balaban J connectivity index is 1.63. The fraction of sp³-hybridized carbons (Fsp3) is 0.160. The highest BCUT2D eigenvalue weighted by Crippen LogP contribution is 2.37. The molecule has 0 unspecified atom stereocenters. The minimum Gasteiger partial charge on any atom is -0.486 e. The number of hydrogen-bond donors (Lipinski definition) is 2. The van der Waals surface area contributed by atoms with Gasteiger partial charge in [0.1, 0.15) is 41.4 Å². The van der Waals surface area contributed by atoms with E-state index in [-0.39, 0.29) is 39.8 Å². The van der Waals surface area contributed by atoms with E-state index < -0.39 is 61.4 Å². The van der Waals surface area contributed by atoms with Crippen molar-refractivity contribution in [2.75, 3.05) is 23.3 Å². The molecule has 0 radical (unpaired) electrons. The maximum atomic E-state index is 14.7. The third kappa shape index (κ3) is 5.41. The Morgan fingerprint density at radius 2 is 1.78 bits per heavy atom. The lowest BCUT2D eigenvalue weighted by molar-refractivity contribution is 0.142. The second-order valence-corrected chi connectivity index (χ2v) is 10.6. The fourth-order valence-corrected chi connectivity index (χ4v) is 5.32. The number of halogens is 6. The first-order chi connectivity index (χ1) is 19.5. The number of sulfonamides is 1. The average molecular weight is 612 g/mol. The van der Waals surface area contributed by atoms with Gasteiger partial charge in [0.15, 0.2) is 28.2 Å². The van der Waals surface area contributed by atoms with E-state index in [4.69, 9.17) is 26.3 Å². The Morgan fingerprint density at radius 3 is 2.41 bits per heavy atom. The Labute approximate surface area is 233 Å². The number of ether oxygens (including phenoxy) is 2. The Morgan fingerprint density at radius 1 is 1.05 bits per heavy atom. The lowest BCUT2D eigenvalue weighted by Crippen LogP contribution is -2.21. The molecule has 1 aliphatic rings. The van der Waals surface area contributed by atoms with Gasteiger partial charge in [-0.2, -0.15) is 5.26 Å². The van der Waals surface area contributed by atoms with Crippen LogP contribution in [0.15, 0.2) is 41.6 Å². The van der Waals surface area contributed by atoms with Crippen LogP contribution in [0.2, 0.25) is 5.02 Å². The van der Waals surface area contributed by atoms with Crippen LogP contribution in [-0.4, -0.2) is 37.7 Å². The van der Waals surface area contributed by atoms with Crippen molar-refractivity contribution in [1.29, 1.82) is 5.26 Å². The van der Waals surface area contributed by atoms with Gasteiger partial charge >= 0.3 is 0 Å². The van der Waals surface area contributed by atoms with Crippen LogP contribution in [0, 0.1) is 40.4 Å². The van der Waals surface area contributed by atoms with Crippen molar-refractivity contribution in [2.45, 2.75) is 17.4 Å². The van der Waals surface area contributed by atoms with Gasteiger partial charge in [-0.05, 0) is 24.3 Å². The van der Waals surface area contributed by atoms with E-state index in [0.717, 1.165) is 24.5 Å². The molecule has 1 saturated heterocycles. The molecule has 0 saturated carbocycles. The summed E-state index contributed by atoms with van der Waals surface area (Å²) in [6.07, 6.45) is 1.06. The molecule has 1 aliphatic heterocycles. The normalized spacial score (nSPS) is 15.1. The van der Waals surface area contributed by atoms with Crippen molar-refractivity contribution in [2.24, 2.45) is 0 Å². The summed E-state index contributed by atoms with van der Waals surface area (Å²) in [5.41, 5.74) is -1.61. The Hall–Kier alpha value is -4.26. The van der Waals surface area contributed by atoms with Crippen LogP contribution in [0.1, 0.15) is 12.0 Å². The third-order valence-corrected chi connectivity index (χ3v) is 7.64. The second-order valence-electron chi connectivity index (χ2n) is 8.62. The van der Waals surface area contributed by atoms with E-state index in [1.54, 1.807) is 0 Å². The van der Waals surface area contributed by atoms with Crippen molar-refractivity contribution < 1.29 is 39.8 Å². The second kappa shape index (κ2) is 11.0. The van der Waals surface area contributed by atoms with E-state index in [1.807, 2.05) is 4.72 Å². The number of anilines is 3. The molecule has 16 heteroatoms. The van der Waals surface area contributed by atoms with Crippen LogP contribution >= 0.6 is 11.6 Å². The van der Waals surface area contributed by atoms with E-state index >= 15 is 0 Å². The molecule has 3 aromatic carbocycles. The predicted molar refractivity (Wildman–Crippen MR) is 136 cm³/mol. The Kier molecular flexibility index (Phi) is 7.56. The summed E-state index contributed by atoms with van der Waals surface area (Å²) in [7, 11) is -5.38. The molecule has 1 aromatic heterocycles. The number of nitriles is 1. The Bertz CT molecular complexity index is 1820. The molecule has 0 aliphatic carbocycles. The number of rotatable bonds is 7. The molecule has 212 valence electrons. The number of fused-ring (bicyclic) bond motifs is 1. The zero-order chi connectivity index (χ0) is 29.5. The lowest BCUT2D eigenvalue weighted by atomic mass is 10.2. The van der Waals surface area contributed by atoms with E-state index in [0.29, 0.717) is 13.0 Å². The SMILES string of the molecule is N#Cc1c(F)c(F)c(S(=O)(=O)Nc2cc3c(Nc4ccc(Cl)c(F)c4)ncnc3cc2O[C@H]2CCOC2)c(F)c1F. The summed E-state index contributed by atoms with van der Waals surface area (Å²) in [6, 6.07) is 7.21. The molecule has 0 amide bonds. The number of nitrogens with one attached hydrogen (secondary N) is 2. The minimum atomic E-state index is -5.38. The predicted octanol–water partition coefficient (Wildman–Crippen LogP) is 5.56. The molecular formula is C25H15ClF5N5O4S. The summed E-state index contributed by atoms with van der Waals surface area (Å²) in [4.78, 5) is 6.23. The van der Waals surface area contributed by atoms with Gasteiger partial charge in [0.2, 0.25) is 0 Å². The molecule has 9 nitrogen and oxygen atoms in total. The monoisotopic (exact) mass is 611 g/mol. The van der Waals surface area contributed by atoms with Crippen LogP contribution in [0.5, 0.6) is 5.75 Å². The fourth-order valence-electron chi connectivity index (χ4n) is 4.00. The molecule has 1 fully saturated rings. The summed E-state index contributed by atoms with van der Waals surface area (Å²) in [5, 5.41) is 11.6. The molecular weight excluding hydrogens is 597 g/mol. The zero-order valence-electron chi connectivity index (χ0n) is 20.3. The quantitative estimate of drug-likeness (QED) is 0.205.